The molecule has 3 aliphatic carbocycles. The first-order valence-electron chi connectivity index (χ1n) is 18.8. The van der Waals surface area contributed by atoms with Crippen molar-refractivity contribution in [1.29, 1.82) is 0 Å². The molecular weight excluding hydrogens is 639 g/mol. The zero-order chi connectivity index (χ0) is 35.8. The molecule has 0 aromatic heterocycles. The van der Waals surface area contributed by atoms with Crippen LogP contribution in [0.15, 0.2) is 194 Å². The molecule has 53 heavy (non-hydrogen) atoms. The fraction of sp³-hybridized carbons (Fsp3) is 0.115. The van der Waals surface area contributed by atoms with Gasteiger partial charge in [-0.3, -0.25) is 0 Å². The Kier molecular flexibility index (Phi) is 8.28. The second-order valence-electron chi connectivity index (χ2n) is 14.9. The van der Waals surface area contributed by atoms with Crippen molar-refractivity contribution in [3.63, 3.8) is 0 Å². The molecule has 0 saturated carbocycles. The van der Waals surface area contributed by atoms with E-state index in [9.17, 15) is 0 Å². The van der Waals surface area contributed by atoms with Gasteiger partial charge in [0, 0.05) is 17.3 Å². The molecule has 0 amide bonds. The van der Waals surface area contributed by atoms with Crippen molar-refractivity contribution in [2.24, 2.45) is 0 Å². The Labute approximate surface area is 314 Å². The van der Waals surface area contributed by atoms with Gasteiger partial charge in [-0.1, -0.05) is 178 Å². The van der Waals surface area contributed by atoms with Crippen molar-refractivity contribution in [2.45, 2.75) is 37.5 Å². The van der Waals surface area contributed by atoms with Crippen LogP contribution in [0.25, 0.3) is 28.3 Å². The summed E-state index contributed by atoms with van der Waals surface area (Å²) in [6.07, 6.45) is 17.7. The van der Waals surface area contributed by atoms with Crippen LogP contribution >= 0.6 is 0 Å². The molecule has 0 aliphatic heterocycles. The lowest BCUT2D eigenvalue weighted by Gasteiger charge is -2.47. The summed E-state index contributed by atoms with van der Waals surface area (Å²) in [7, 11) is 0. The molecule has 0 heterocycles. The first-order valence-corrected chi connectivity index (χ1v) is 18.8. The molecule has 1 nitrogen and oxygen atoms in total. The van der Waals surface area contributed by atoms with Crippen LogP contribution in [0.4, 0.5) is 5.69 Å². The van der Waals surface area contributed by atoms with E-state index in [0.29, 0.717) is 0 Å². The maximum absolute atomic E-state index is 3.66. The van der Waals surface area contributed by atoms with Gasteiger partial charge >= 0.3 is 0 Å². The highest BCUT2D eigenvalue weighted by molar-refractivity contribution is 5.93. The van der Waals surface area contributed by atoms with Crippen LogP contribution < -0.4 is 5.32 Å². The minimum absolute atomic E-state index is 0.0903. The zero-order valence-electron chi connectivity index (χ0n) is 30.4. The number of rotatable bonds is 7. The smallest absolute Gasteiger partial charge is 0.0683 e. The number of anilines is 1. The van der Waals surface area contributed by atoms with Crippen molar-refractivity contribution < 1.29 is 0 Å². The van der Waals surface area contributed by atoms with E-state index in [1.807, 2.05) is 0 Å². The van der Waals surface area contributed by atoms with E-state index in [2.05, 4.69) is 213 Å². The maximum atomic E-state index is 3.66. The Balaban J connectivity index is 1.07. The third-order valence-electron chi connectivity index (χ3n) is 11.5. The Morgan fingerprint density at radius 2 is 1.28 bits per heavy atom. The van der Waals surface area contributed by atoms with Crippen LogP contribution in [0, 0.1) is 0 Å². The monoisotopic (exact) mass is 681 g/mol. The molecular formula is C52H43N. The van der Waals surface area contributed by atoms with E-state index in [1.165, 1.54) is 66.8 Å². The molecule has 6 aromatic rings. The van der Waals surface area contributed by atoms with Crippen LogP contribution in [0.2, 0.25) is 0 Å². The Morgan fingerprint density at radius 1 is 0.623 bits per heavy atom. The third kappa shape index (κ3) is 5.56. The van der Waals surface area contributed by atoms with Crippen LogP contribution in [0.3, 0.4) is 0 Å². The van der Waals surface area contributed by atoms with Crippen LogP contribution in [-0.4, -0.2) is 0 Å². The normalized spacial score (nSPS) is 16.5. The number of nitrogens with one attached hydrogen (secondary N) is 1. The van der Waals surface area contributed by atoms with E-state index in [-0.39, 0.29) is 10.8 Å². The molecule has 1 heteroatoms. The van der Waals surface area contributed by atoms with Gasteiger partial charge in [-0.2, -0.15) is 0 Å². The lowest BCUT2D eigenvalue weighted by atomic mass is 9.54. The predicted molar refractivity (Wildman–Crippen MR) is 225 cm³/mol. The molecule has 0 bridgehead atoms. The van der Waals surface area contributed by atoms with E-state index in [4.69, 9.17) is 0 Å². The van der Waals surface area contributed by atoms with Gasteiger partial charge in [-0.25, -0.2) is 0 Å². The van der Waals surface area contributed by atoms with Crippen LogP contribution in [0.5, 0.6) is 0 Å². The molecule has 1 spiro atoms. The molecule has 0 atom stereocenters. The quantitative estimate of drug-likeness (QED) is 0.165. The second-order valence-corrected chi connectivity index (χ2v) is 14.9. The van der Waals surface area contributed by atoms with Crippen molar-refractivity contribution >= 4 is 22.9 Å². The van der Waals surface area contributed by atoms with Gasteiger partial charge in [0.15, 0.2) is 0 Å². The van der Waals surface area contributed by atoms with Gasteiger partial charge < -0.3 is 5.32 Å². The van der Waals surface area contributed by atoms with Gasteiger partial charge in [-0.15, -0.1) is 0 Å². The highest BCUT2D eigenvalue weighted by Crippen LogP contribution is 2.63. The number of hydrogen-bond donors (Lipinski definition) is 1. The summed E-state index contributed by atoms with van der Waals surface area (Å²) in [4.78, 5) is 0. The third-order valence-corrected chi connectivity index (χ3v) is 11.5. The molecule has 256 valence electrons. The lowest BCUT2D eigenvalue weighted by Crippen LogP contribution is -2.41. The van der Waals surface area contributed by atoms with E-state index in [1.54, 1.807) is 0 Å². The highest BCUT2D eigenvalue weighted by Gasteiger charge is 2.54. The topological polar surface area (TPSA) is 12.0 Å². The molecule has 9 rings (SSSR count). The van der Waals surface area contributed by atoms with Gasteiger partial charge in [0.25, 0.3) is 0 Å². The zero-order valence-corrected chi connectivity index (χ0v) is 30.4. The number of fused-ring (bicyclic) bond motifs is 8. The summed E-state index contributed by atoms with van der Waals surface area (Å²) in [5.74, 6) is 0. The van der Waals surface area contributed by atoms with Crippen molar-refractivity contribution in [3.8, 4) is 11.1 Å². The molecule has 0 unspecified atom stereocenters. The molecule has 1 N–H and O–H groups in total. The fourth-order valence-electron chi connectivity index (χ4n) is 9.08. The maximum Gasteiger partial charge on any atom is 0.0683 e. The Morgan fingerprint density at radius 3 is 2.02 bits per heavy atom. The fourth-order valence-corrected chi connectivity index (χ4v) is 9.08. The first-order chi connectivity index (χ1) is 26.0. The first kappa shape index (κ1) is 32.7. The minimum Gasteiger partial charge on any atom is -0.362 e. The summed E-state index contributed by atoms with van der Waals surface area (Å²) in [6.45, 7) is 4.78. The summed E-state index contributed by atoms with van der Waals surface area (Å²) >= 11 is 0. The average molecular weight is 682 g/mol. The molecule has 0 fully saturated rings. The number of hydrogen-bond acceptors (Lipinski definition) is 1. The van der Waals surface area contributed by atoms with Gasteiger partial charge in [0.2, 0.25) is 0 Å². The van der Waals surface area contributed by atoms with E-state index < -0.39 is 0 Å². The van der Waals surface area contributed by atoms with Crippen LogP contribution in [-0.2, 0) is 10.8 Å². The van der Waals surface area contributed by atoms with Crippen molar-refractivity contribution in [2.75, 3.05) is 5.32 Å². The molecule has 0 saturated heterocycles. The average Bonchev–Trinajstić information content (AvgIpc) is 3.51. The summed E-state index contributed by atoms with van der Waals surface area (Å²) in [5.41, 5.74) is 18.0. The molecule has 6 aromatic carbocycles. The predicted octanol–water partition coefficient (Wildman–Crippen LogP) is 13.2. The minimum atomic E-state index is -0.317. The van der Waals surface area contributed by atoms with Gasteiger partial charge in [0.1, 0.15) is 0 Å². The Bertz CT molecular complexity index is 2440. The SMILES string of the molecule is CC1(C)c2ccccc2C2(C3=C(C=CCC3)c3ccc(N/C=C/C=C(\C=C/c4cccc(-c5ccccc5)c4)c4ccccc4)cc32)c2ccccc21. The number of allylic oxidation sites excluding steroid dienone is 8. The Hall–Kier alpha value is -6.18. The molecule has 0 radical (unpaired) electrons. The molecule has 3 aliphatic rings. The van der Waals surface area contributed by atoms with Crippen LogP contribution in [0.1, 0.15) is 71.2 Å². The second kappa shape index (κ2) is 13.4. The summed E-state index contributed by atoms with van der Waals surface area (Å²) in [6, 6.07) is 55.3. The van der Waals surface area contributed by atoms with Gasteiger partial charge in [-0.05, 0) is 109 Å². The van der Waals surface area contributed by atoms with Crippen molar-refractivity contribution in [3.05, 3.63) is 238 Å². The van der Waals surface area contributed by atoms with E-state index in [0.717, 1.165) is 24.1 Å². The summed E-state index contributed by atoms with van der Waals surface area (Å²) < 4.78 is 0. The van der Waals surface area contributed by atoms with E-state index >= 15 is 0 Å². The largest absolute Gasteiger partial charge is 0.362 e. The summed E-state index contributed by atoms with van der Waals surface area (Å²) in [5, 5.41) is 3.66. The number of benzene rings is 6. The highest BCUT2D eigenvalue weighted by atomic mass is 14.8. The van der Waals surface area contributed by atoms with Gasteiger partial charge in [0.05, 0.1) is 5.41 Å². The lowest BCUT2D eigenvalue weighted by molar-refractivity contribution is 0.550. The van der Waals surface area contributed by atoms with Crippen molar-refractivity contribution in [1.82, 2.24) is 0 Å². The standard InChI is InChI=1S/C52H43N/c1-51(2)46-26-11-13-28-48(46)52(49-29-14-12-27-47(49)51)45-25-10-9-24-43(45)44-33-32-42(36-50(44)52)53-34-16-23-40(38-18-5-3-6-19-38)31-30-37-17-15-22-41(35-37)39-20-7-4-8-21-39/h3-9,11-24,26-36,53H,10,25H2,1-2H3/b31-30-,34-16+,40-23+.